The van der Waals surface area contributed by atoms with E-state index in [0.29, 0.717) is 17.9 Å². The zero-order valence-corrected chi connectivity index (χ0v) is 11.1. The summed E-state index contributed by atoms with van der Waals surface area (Å²) < 4.78 is 26.4. The van der Waals surface area contributed by atoms with Gasteiger partial charge in [-0.1, -0.05) is 12.1 Å². The molecule has 1 saturated heterocycles. The van der Waals surface area contributed by atoms with E-state index in [-0.39, 0.29) is 0 Å². The lowest BCUT2D eigenvalue weighted by molar-refractivity contribution is 0.0906. The zero-order valence-electron chi connectivity index (χ0n) is 11.1. The van der Waals surface area contributed by atoms with Gasteiger partial charge in [0.15, 0.2) is 0 Å². The molecule has 2 aromatic rings. The van der Waals surface area contributed by atoms with Gasteiger partial charge in [0.2, 0.25) is 0 Å². The van der Waals surface area contributed by atoms with Crippen molar-refractivity contribution in [3.05, 3.63) is 65.5 Å². The van der Waals surface area contributed by atoms with Gasteiger partial charge in [0, 0.05) is 31.9 Å². The number of rotatable bonds is 4. The molecule has 0 spiro atoms. The highest BCUT2D eigenvalue weighted by atomic mass is 19.1. The maximum Gasteiger partial charge on any atom is 0.129 e. The molecule has 0 unspecified atom stereocenters. The van der Waals surface area contributed by atoms with Crippen LogP contribution < -0.4 is 0 Å². The van der Waals surface area contributed by atoms with Crippen molar-refractivity contribution in [3.8, 4) is 0 Å². The first kappa shape index (κ1) is 13.2. The van der Waals surface area contributed by atoms with Crippen molar-refractivity contribution in [2.24, 2.45) is 5.92 Å². The number of halogens is 2. The minimum atomic E-state index is -0.517. The summed E-state index contributed by atoms with van der Waals surface area (Å²) >= 11 is 0. The number of pyridine rings is 1. The molecule has 0 radical (unpaired) electrons. The van der Waals surface area contributed by atoms with Crippen LogP contribution in [-0.4, -0.2) is 23.0 Å². The highest BCUT2D eigenvalue weighted by molar-refractivity contribution is 5.19. The van der Waals surface area contributed by atoms with Crippen molar-refractivity contribution in [2.45, 2.75) is 13.0 Å². The topological polar surface area (TPSA) is 16.1 Å². The average Bonchev–Trinajstić information content (AvgIpc) is 2.40. The second-order valence-corrected chi connectivity index (χ2v) is 5.32. The maximum atomic E-state index is 13.6. The minimum Gasteiger partial charge on any atom is -0.297 e. The Morgan fingerprint density at radius 2 is 2.00 bits per heavy atom. The predicted molar refractivity (Wildman–Crippen MR) is 73.1 cm³/mol. The summed E-state index contributed by atoms with van der Waals surface area (Å²) in [5.74, 6) is -0.511. The molecule has 0 atom stereocenters. The lowest BCUT2D eigenvalue weighted by atomic mass is 9.92. The van der Waals surface area contributed by atoms with E-state index in [9.17, 15) is 8.78 Å². The van der Waals surface area contributed by atoms with E-state index in [1.54, 1.807) is 12.3 Å². The molecule has 3 rings (SSSR count). The van der Waals surface area contributed by atoms with Gasteiger partial charge in [-0.3, -0.25) is 9.88 Å². The molecule has 4 heteroatoms. The molecule has 1 aromatic carbocycles. The lowest BCUT2D eigenvalue weighted by Gasteiger charge is -2.39. The molecule has 2 heterocycles. The third-order valence-electron chi connectivity index (χ3n) is 3.67. The van der Waals surface area contributed by atoms with Crippen LogP contribution in [0.1, 0.15) is 11.3 Å². The van der Waals surface area contributed by atoms with E-state index in [1.807, 2.05) is 18.2 Å². The first-order valence-electron chi connectivity index (χ1n) is 6.77. The van der Waals surface area contributed by atoms with E-state index in [4.69, 9.17) is 0 Å². The van der Waals surface area contributed by atoms with E-state index < -0.39 is 11.6 Å². The Morgan fingerprint density at radius 1 is 1.15 bits per heavy atom. The quantitative estimate of drug-likeness (QED) is 0.852. The fraction of sp³-hybridized carbons (Fsp3) is 0.312. The van der Waals surface area contributed by atoms with E-state index in [0.717, 1.165) is 31.4 Å². The normalized spacial score (nSPS) is 16.1. The van der Waals surface area contributed by atoms with Gasteiger partial charge in [-0.25, -0.2) is 8.78 Å². The van der Waals surface area contributed by atoms with Gasteiger partial charge < -0.3 is 0 Å². The molecule has 1 fully saturated rings. The van der Waals surface area contributed by atoms with Crippen LogP contribution in [0, 0.1) is 17.6 Å². The first-order valence-corrected chi connectivity index (χ1v) is 6.77. The molecule has 0 aliphatic carbocycles. The Hall–Kier alpha value is -1.81. The van der Waals surface area contributed by atoms with Gasteiger partial charge in [0.05, 0.1) is 5.69 Å². The molecule has 1 aliphatic heterocycles. The number of hydrogen-bond acceptors (Lipinski definition) is 2. The Morgan fingerprint density at radius 3 is 2.70 bits per heavy atom. The standard InChI is InChI=1S/C16H16F2N2/c17-14-5-4-13(16(18)8-14)7-12-9-20(10-12)11-15-3-1-2-6-19-15/h1-6,8,12H,7,9-11H2. The third kappa shape index (κ3) is 3.02. The molecule has 2 nitrogen and oxygen atoms in total. The van der Waals surface area contributed by atoms with Crippen molar-refractivity contribution in [1.29, 1.82) is 0 Å². The number of nitrogens with zero attached hydrogens (tertiary/aromatic N) is 2. The van der Waals surface area contributed by atoms with Gasteiger partial charge in [0.1, 0.15) is 11.6 Å². The van der Waals surface area contributed by atoms with Gasteiger partial charge in [-0.05, 0) is 36.1 Å². The Kier molecular flexibility index (Phi) is 3.74. The average molecular weight is 274 g/mol. The van der Waals surface area contributed by atoms with Crippen molar-refractivity contribution < 1.29 is 8.78 Å². The van der Waals surface area contributed by atoms with Crippen LogP contribution in [0.15, 0.2) is 42.6 Å². The number of aromatic nitrogens is 1. The largest absolute Gasteiger partial charge is 0.297 e. The monoisotopic (exact) mass is 274 g/mol. The molecule has 1 aliphatic rings. The van der Waals surface area contributed by atoms with E-state index in [1.165, 1.54) is 6.07 Å². The van der Waals surface area contributed by atoms with Crippen molar-refractivity contribution in [2.75, 3.05) is 13.1 Å². The summed E-state index contributed by atoms with van der Waals surface area (Å²) in [5.41, 5.74) is 1.66. The summed E-state index contributed by atoms with van der Waals surface area (Å²) in [7, 11) is 0. The van der Waals surface area contributed by atoms with Gasteiger partial charge >= 0.3 is 0 Å². The summed E-state index contributed by atoms with van der Waals surface area (Å²) in [6.45, 7) is 2.71. The lowest BCUT2D eigenvalue weighted by Crippen LogP contribution is -2.47. The minimum absolute atomic E-state index is 0.437. The number of hydrogen-bond donors (Lipinski definition) is 0. The van der Waals surface area contributed by atoms with Crippen LogP contribution in [0.4, 0.5) is 8.78 Å². The van der Waals surface area contributed by atoms with Gasteiger partial charge in [-0.2, -0.15) is 0 Å². The predicted octanol–water partition coefficient (Wildman–Crippen LogP) is 3.03. The first-order chi connectivity index (χ1) is 9.70. The number of benzene rings is 1. The van der Waals surface area contributed by atoms with Crippen LogP contribution >= 0.6 is 0 Å². The van der Waals surface area contributed by atoms with Crippen LogP contribution in [0.5, 0.6) is 0 Å². The second-order valence-electron chi connectivity index (χ2n) is 5.32. The molecule has 0 saturated carbocycles. The molecule has 1 aromatic heterocycles. The number of likely N-dealkylation sites (tertiary alicyclic amines) is 1. The second kappa shape index (κ2) is 5.67. The smallest absolute Gasteiger partial charge is 0.129 e. The maximum absolute atomic E-state index is 13.6. The zero-order chi connectivity index (χ0) is 13.9. The van der Waals surface area contributed by atoms with Crippen LogP contribution in [0.2, 0.25) is 0 Å². The third-order valence-corrected chi connectivity index (χ3v) is 3.67. The fourth-order valence-corrected chi connectivity index (χ4v) is 2.65. The van der Waals surface area contributed by atoms with Crippen LogP contribution in [-0.2, 0) is 13.0 Å². The molecular formula is C16H16F2N2. The van der Waals surface area contributed by atoms with Crippen LogP contribution in [0.25, 0.3) is 0 Å². The Balaban J connectivity index is 1.51. The van der Waals surface area contributed by atoms with E-state index >= 15 is 0 Å². The summed E-state index contributed by atoms with van der Waals surface area (Å²) in [6, 6.07) is 9.72. The summed E-state index contributed by atoms with van der Waals surface area (Å²) in [6.07, 6.45) is 2.46. The highest BCUT2D eigenvalue weighted by Crippen LogP contribution is 2.23. The SMILES string of the molecule is Fc1ccc(CC2CN(Cc3ccccn3)C2)c(F)c1. The Labute approximate surface area is 117 Å². The molecule has 20 heavy (non-hydrogen) atoms. The Bertz CT molecular complexity index is 580. The summed E-state index contributed by atoms with van der Waals surface area (Å²) in [5, 5.41) is 0. The summed E-state index contributed by atoms with van der Waals surface area (Å²) in [4.78, 5) is 6.58. The van der Waals surface area contributed by atoms with Crippen molar-refractivity contribution in [1.82, 2.24) is 9.88 Å². The van der Waals surface area contributed by atoms with Gasteiger partial charge in [-0.15, -0.1) is 0 Å². The van der Waals surface area contributed by atoms with Crippen molar-refractivity contribution in [3.63, 3.8) is 0 Å². The van der Waals surface area contributed by atoms with Crippen LogP contribution in [0.3, 0.4) is 0 Å². The molecule has 0 N–H and O–H groups in total. The molecule has 104 valence electrons. The highest BCUT2D eigenvalue weighted by Gasteiger charge is 2.27. The van der Waals surface area contributed by atoms with E-state index in [2.05, 4.69) is 9.88 Å². The fourth-order valence-electron chi connectivity index (χ4n) is 2.65. The molecular weight excluding hydrogens is 258 g/mol. The van der Waals surface area contributed by atoms with Crippen molar-refractivity contribution >= 4 is 0 Å². The van der Waals surface area contributed by atoms with Gasteiger partial charge in [0.25, 0.3) is 0 Å². The molecule has 0 amide bonds. The molecule has 0 bridgehead atoms.